The summed E-state index contributed by atoms with van der Waals surface area (Å²) < 4.78 is 10.9. The van der Waals surface area contributed by atoms with Gasteiger partial charge < -0.3 is 14.5 Å². The van der Waals surface area contributed by atoms with Crippen molar-refractivity contribution in [2.45, 2.75) is 31.8 Å². The molecule has 1 saturated heterocycles. The molecule has 156 valence electrons. The third-order valence-corrected chi connectivity index (χ3v) is 5.49. The summed E-state index contributed by atoms with van der Waals surface area (Å²) in [6, 6.07) is 13.1. The third-order valence-electron chi connectivity index (χ3n) is 5.49. The van der Waals surface area contributed by atoms with E-state index >= 15 is 0 Å². The predicted octanol–water partition coefficient (Wildman–Crippen LogP) is 3.58. The van der Waals surface area contributed by atoms with Gasteiger partial charge in [-0.2, -0.15) is 0 Å². The van der Waals surface area contributed by atoms with Crippen LogP contribution in [0.25, 0.3) is 11.5 Å². The Hall–Kier alpha value is -3.19. The first kappa shape index (κ1) is 20.1. The largest absolute Gasteiger partial charge is 0.497 e. The minimum absolute atomic E-state index is 0.0651. The van der Waals surface area contributed by atoms with Crippen LogP contribution >= 0.6 is 0 Å². The highest BCUT2D eigenvalue weighted by Crippen LogP contribution is 2.34. The Kier molecular flexibility index (Phi) is 6.09. The van der Waals surface area contributed by atoms with Gasteiger partial charge in [0.05, 0.1) is 26.0 Å². The van der Waals surface area contributed by atoms with Crippen LogP contribution in [0.2, 0.25) is 0 Å². The van der Waals surface area contributed by atoms with Gasteiger partial charge in [0.1, 0.15) is 17.2 Å². The molecule has 0 saturated carbocycles. The smallest absolute Gasteiger partial charge is 0.251 e. The summed E-state index contributed by atoms with van der Waals surface area (Å²) in [5.41, 5.74) is 2.37. The van der Waals surface area contributed by atoms with Crippen LogP contribution in [0.1, 0.15) is 36.6 Å². The number of hydrogen-bond acceptors (Lipinski definition) is 6. The molecule has 0 spiro atoms. The van der Waals surface area contributed by atoms with E-state index in [-0.39, 0.29) is 11.6 Å². The summed E-state index contributed by atoms with van der Waals surface area (Å²) in [5, 5.41) is 0. The van der Waals surface area contributed by atoms with Gasteiger partial charge in [-0.25, -0.2) is 4.98 Å². The number of H-pyrrole nitrogens is 1. The Balaban J connectivity index is 1.65. The van der Waals surface area contributed by atoms with Crippen LogP contribution in [0.3, 0.4) is 0 Å². The van der Waals surface area contributed by atoms with Crippen LogP contribution in [-0.2, 0) is 6.54 Å². The summed E-state index contributed by atoms with van der Waals surface area (Å²) >= 11 is 0. The highest BCUT2D eigenvalue weighted by molar-refractivity contribution is 5.48. The minimum atomic E-state index is -0.159. The molecule has 1 aliphatic heterocycles. The van der Waals surface area contributed by atoms with Gasteiger partial charge in [-0.15, -0.1) is 0 Å². The molecule has 3 aromatic rings. The molecule has 1 aliphatic rings. The van der Waals surface area contributed by atoms with E-state index in [1.165, 1.54) is 0 Å². The molecule has 1 N–H and O–H groups in total. The van der Waals surface area contributed by atoms with Gasteiger partial charge in [-0.05, 0) is 37.6 Å². The lowest BCUT2D eigenvalue weighted by atomic mass is 9.98. The number of aromatic amines is 1. The third kappa shape index (κ3) is 4.36. The zero-order valence-electron chi connectivity index (χ0n) is 17.3. The Morgan fingerprint density at radius 2 is 2.03 bits per heavy atom. The van der Waals surface area contributed by atoms with Crippen molar-refractivity contribution in [1.82, 2.24) is 19.9 Å². The molecule has 1 fully saturated rings. The SMILES string of the molecule is COc1ccc(CN2CCCCC2c2cc(=O)[nH]c(-c3ccccn3)n2)c(OC)c1. The van der Waals surface area contributed by atoms with Crippen molar-refractivity contribution >= 4 is 0 Å². The van der Waals surface area contributed by atoms with E-state index < -0.39 is 0 Å². The maximum atomic E-state index is 12.4. The highest BCUT2D eigenvalue weighted by Gasteiger charge is 2.27. The summed E-state index contributed by atoms with van der Waals surface area (Å²) in [6.07, 6.45) is 4.88. The van der Waals surface area contributed by atoms with Crippen LogP contribution in [0.4, 0.5) is 0 Å². The molecule has 0 amide bonds. The molecular weight excluding hydrogens is 380 g/mol. The van der Waals surface area contributed by atoms with Gasteiger partial charge in [0.15, 0.2) is 5.82 Å². The quantitative estimate of drug-likeness (QED) is 0.674. The van der Waals surface area contributed by atoms with Gasteiger partial charge in [0.2, 0.25) is 0 Å². The van der Waals surface area contributed by atoms with Gasteiger partial charge in [0, 0.05) is 30.4 Å². The highest BCUT2D eigenvalue weighted by atomic mass is 16.5. The van der Waals surface area contributed by atoms with E-state index in [9.17, 15) is 4.79 Å². The second kappa shape index (κ2) is 9.09. The first-order valence-electron chi connectivity index (χ1n) is 10.2. The minimum Gasteiger partial charge on any atom is -0.497 e. The number of benzene rings is 1. The topological polar surface area (TPSA) is 80.3 Å². The fourth-order valence-corrected chi connectivity index (χ4v) is 3.99. The van der Waals surface area contributed by atoms with Crippen molar-refractivity contribution in [3.63, 3.8) is 0 Å². The molecule has 0 bridgehead atoms. The monoisotopic (exact) mass is 406 g/mol. The second-order valence-electron chi connectivity index (χ2n) is 7.39. The maximum Gasteiger partial charge on any atom is 0.251 e. The lowest BCUT2D eigenvalue weighted by molar-refractivity contribution is 0.136. The van der Waals surface area contributed by atoms with Crippen LogP contribution in [0, 0.1) is 0 Å². The first-order valence-corrected chi connectivity index (χ1v) is 10.2. The van der Waals surface area contributed by atoms with E-state index in [1.54, 1.807) is 26.5 Å². The molecule has 1 aromatic carbocycles. The molecule has 7 heteroatoms. The van der Waals surface area contributed by atoms with Crippen molar-refractivity contribution in [3.8, 4) is 23.0 Å². The van der Waals surface area contributed by atoms with Crippen LogP contribution in [0.15, 0.2) is 53.5 Å². The Morgan fingerprint density at radius 1 is 1.13 bits per heavy atom. The molecule has 3 heterocycles. The normalized spacial score (nSPS) is 16.9. The van der Waals surface area contributed by atoms with Crippen molar-refractivity contribution in [3.05, 3.63) is 70.3 Å². The van der Waals surface area contributed by atoms with Crippen LogP contribution in [0.5, 0.6) is 11.5 Å². The predicted molar refractivity (Wildman–Crippen MR) is 115 cm³/mol. The van der Waals surface area contributed by atoms with Gasteiger partial charge >= 0.3 is 0 Å². The molecule has 30 heavy (non-hydrogen) atoms. The van der Waals surface area contributed by atoms with E-state index in [4.69, 9.17) is 14.5 Å². The number of rotatable bonds is 6. The first-order chi connectivity index (χ1) is 14.7. The average molecular weight is 406 g/mol. The second-order valence-corrected chi connectivity index (χ2v) is 7.39. The summed E-state index contributed by atoms with van der Waals surface area (Å²) in [5.74, 6) is 2.07. The molecule has 0 radical (unpaired) electrons. The molecule has 1 atom stereocenters. The van der Waals surface area contributed by atoms with E-state index in [2.05, 4.69) is 14.9 Å². The molecule has 4 rings (SSSR count). The van der Waals surface area contributed by atoms with Crippen LogP contribution in [-0.4, -0.2) is 40.6 Å². The molecular formula is C23H26N4O3. The van der Waals surface area contributed by atoms with Gasteiger partial charge in [0.25, 0.3) is 5.56 Å². The Morgan fingerprint density at radius 3 is 2.80 bits per heavy atom. The summed E-state index contributed by atoms with van der Waals surface area (Å²) in [6.45, 7) is 1.65. The lowest BCUT2D eigenvalue weighted by Gasteiger charge is -2.35. The number of methoxy groups -OCH3 is 2. The average Bonchev–Trinajstić information content (AvgIpc) is 2.80. The van der Waals surface area contributed by atoms with Crippen LogP contribution < -0.4 is 15.0 Å². The number of aromatic nitrogens is 3. The maximum absolute atomic E-state index is 12.4. The van der Waals surface area contributed by atoms with Gasteiger partial charge in [-0.1, -0.05) is 18.6 Å². The number of piperidine rings is 1. The number of likely N-dealkylation sites (tertiary alicyclic amines) is 1. The number of hydrogen-bond donors (Lipinski definition) is 1. The summed E-state index contributed by atoms with van der Waals surface area (Å²) in [4.78, 5) is 26.7. The number of nitrogens with zero attached hydrogens (tertiary/aromatic N) is 3. The Bertz CT molecular complexity index is 1050. The van der Waals surface area contributed by atoms with E-state index in [0.29, 0.717) is 18.1 Å². The fourth-order valence-electron chi connectivity index (χ4n) is 3.99. The fraction of sp³-hybridized carbons (Fsp3) is 0.348. The zero-order valence-corrected chi connectivity index (χ0v) is 17.3. The molecule has 1 unspecified atom stereocenters. The van der Waals surface area contributed by atoms with Gasteiger partial charge in [-0.3, -0.25) is 14.7 Å². The standard InChI is InChI=1S/C23H26N4O3/c1-29-17-10-9-16(21(13-17)30-2)15-27-12-6-4-8-20(27)19-14-22(28)26-23(25-19)18-7-3-5-11-24-18/h3,5,7,9-11,13-14,20H,4,6,8,12,15H2,1-2H3,(H,25,26,28). The number of ether oxygens (including phenoxy) is 2. The number of nitrogens with one attached hydrogen (secondary N) is 1. The van der Waals surface area contributed by atoms with Crippen molar-refractivity contribution in [2.24, 2.45) is 0 Å². The molecule has 7 nitrogen and oxygen atoms in total. The zero-order chi connectivity index (χ0) is 20.9. The molecule has 2 aromatic heterocycles. The van der Waals surface area contributed by atoms with E-state index in [0.717, 1.165) is 48.6 Å². The Labute approximate surface area is 175 Å². The number of pyridine rings is 1. The van der Waals surface area contributed by atoms with Crippen molar-refractivity contribution < 1.29 is 9.47 Å². The van der Waals surface area contributed by atoms with E-state index in [1.807, 2.05) is 36.4 Å². The summed E-state index contributed by atoms with van der Waals surface area (Å²) in [7, 11) is 3.32. The lowest BCUT2D eigenvalue weighted by Crippen LogP contribution is -2.34. The molecule has 0 aliphatic carbocycles. The van der Waals surface area contributed by atoms with Crippen molar-refractivity contribution in [2.75, 3.05) is 20.8 Å². The van der Waals surface area contributed by atoms with Crippen molar-refractivity contribution in [1.29, 1.82) is 0 Å².